The molecular formula is C12H13F3N2O2. The second-order valence-electron chi connectivity index (χ2n) is 3.86. The van der Waals surface area contributed by atoms with Crippen molar-refractivity contribution in [1.29, 1.82) is 0 Å². The van der Waals surface area contributed by atoms with Gasteiger partial charge in [0.1, 0.15) is 0 Å². The maximum Gasteiger partial charge on any atom is 0.418 e. The molecule has 19 heavy (non-hydrogen) atoms. The number of alkyl halides is 3. The van der Waals surface area contributed by atoms with Crippen LogP contribution in [0.5, 0.6) is 0 Å². The van der Waals surface area contributed by atoms with Gasteiger partial charge >= 0.3 is 6.18 Å². The van der Waals surface area contributed by atoms with Gasteiger partial charge < -0.3 is 10.6 Å². The molecule has 0 atom stereocenters. The summed E-state index contributed by atoms with van der Waals surface area (Å²) in [7, 11) is 1.50. The summed E-state index contributed by atoms with van der Waals surface area (Å²) in [5.41, 5.74) is -1.70. The van der Waals surface area contributed by atoms with Gasteiger partial charge in [0.15, 0.2) is 5.78 Å². The average molecular weight is 274 g/mol. The smallest absolute Gasteiger partial charge is 0.325 e. The molecule has 1 aromatic carbocycles. The van der Waals surface area contributed by atoms with Gasteiger partial charge in [-0.2, -0.15) is 13.2 Å². The summed E-state index contributed by atoms with van der Waals surface area (Å²) in [5, 5.41) is 4.64. The molecule has 0 fully saturated rings. The molecule has 1 amide bonds. The van der Waals surface area contributed by atoms with Gasteiger partial charge in [0.25, 0.3) is 0 Å². The summed E-state index contributed by atoms with van der Waals surface area (Å²) in [6, 6.07) is 3.21. The van der Waals surface area contributed by atoms with Crippen LogP contribution < -0.4 is 10.6 Å². The molecule has 0 saturated carbocycles. The van der Waals surface area contributed by atoms with Crippen molar-refractivity contribution < 1.29 is 22.8 Å². The van der Waals surface area contributed by atoms with Crippen molar-refractivity contribution in [3.63, 3.8) is 0 Å². The van der Waals surface area contributed by atoms with Crippen LogP contribution >= 0.6 is 0 Å². The fraction of sp³-hybridized carbons (Fsp3) is 0.333. The summed E-state index contributed by atoms with van der Waals surface area (Å²) < 4.78 is 38.5. The molecule has 2 N–H and O–H groups in total. The maximum absolute atomic E-state index is 12.8. The topological polar surface area (TPSA) is 58.2 Å². The van der Waals surface area contributed by atoms with Crippen molar-refractivity contribution in [3.05, 3.63) is 29.3 Å². The third-order valence-electron chi connectivity index (χ3n) is 2.31. The van der Waals surface area contributed by atoms with Crippen LogP contribution in [0.15, 0.2) is 18.2 Å². The van der Waals surface area contributed by atoms with E-state index in [1.165, 1.54) is 13.1 Å². The Morgan fingerprint density at radius 3 is 2.37 bits per heavy atom. The minimum atomic E-state index is -4.65. The van der Waals surface area contributed by atoms with E-state index in [0.717, 1.165) is 19.1 Å². The van der Waals surface area contributed by atoms with E-state index >= 15 is 0 Å². The Bertz CT molecular complexity index is 498. The number of halogens is 3. The van der Waals surface area contributed by atoms with Gasteiger partial charge in [-0.15, -0.1) is 0 Å². The Labute approximate surface area is 108 Å². The van der Waals surface area contributed by atoms with Crippen molar-refractivity contribution in [1.82, 2.24) is 5.32 Å². The molecule has 0 aliphatic heterocycles. The average Bonchev–Trinajstić information content (AvgIpc) is 2.27. The number of anilines is 1. The lowest BCUT2D eigenvalue weighted by molar-refractivity contribution is -0.137. The van der Waals surface area contributed by atoms with E-state index in [4.69, 9.17) is 0 Å². The van der Waals surface area contributed by atoms with E-state index in [9.17, 15) is 22.8 Å². The van der Waals surface area contributed by atoms with Crippen molar-refractivity contribution >= 4 is 17.4 Å². The molecule has 0 spiro atoms. The first-order chi connectivity index (χ1) is 8.77. The minimum absolute atomic E-state index is 0.117. The standard InChI is InChI=1S/C12H13F3N2O2/c1-7(18)17-11-8(10(19)6-16-2)4-3-5-9(11)12(13,14)15/h3-5,16H,6H2,1-2H3,(H,17,18). The van der Waals surface area contributed by atoms with Crippen LogP contribution in [0.25, 0.3) is 0 Å². The first-order valence-corrected chi connectivity index (χ1v) is 5.43. The van der Waals surface area contributed by atoms with Crippen molar-refractivity contribution in [2.24, 2.45) is 0 Å². The molecule has 1 aromatic rings. The van der Waals surface area contributed by atoms with Gasteiger partial charge in [-0.25, -0.2) is 0 Å². The Hall–Kier alpha value is -1.89. The molecule has 0 unspecified atom stereocenters. The molecule has 0 aliphatic carbocycles. The lowest BCUT2D eigenvalue weighted by Gasteiger charge is -2.16. The number of likely N-dealkylation sites (N-methyl/N-ethyl adjacent to an activating group) is 1. The molecule has 4 nitrogen and oxygen atoms in total. The fourth-order valence-corrected chi connectivity index (χ4v) is 1.59. The number of nitrogens with one attached hydrogen (secondary N) is 2. The van der Waals surface area contributed by atoms with Crippen molar-refractivity contribution in [3.8, 4) is 0 Å². The number of hydrogen-bond acceptors (Lipinski definition) is 3. The van der Waals surface area contributed by atoms with Gasteiger partial charge in [-0.05, 0) is 19.2 Å². The fourth-order valence-electron chi connectivity index (χ4n) is 1.59. The van der Waals surface area contributed by atoms with E-state index in [2.05, 4.69) is 10.6 Å². The zero-order valence-corrected chi connectivity index (χ0v) is 10.4. The molecule has 0 aliphatic rings. The zero-order chi connectivity index (χ0) is 14.6. The lowest BCUT2D eigenvalue weighted by atomic mass is 10.0. The highest BCUT2D eigenvalue weighted by Gasteiger charge is 2.35. The lowest BCUT2D eigenvalue weighted by Crippen LogP contribution is -2.22. The van der Waals surface area contributed by atoms with Crippen LogP contribution in [0.4, 0.5) is 18.9 Å². The molecular weight excluding hydrogens is 261 g/mol. The molecule has 104 valence electrons. The highest BCUT2D eigenvalue weighted by Crippen LogP contribution is 2.36. The Morgan fingerprint density at radius 2 is 1.89 bits per heavy atom. The molecule has 0 bridgehead atoms. The quantitative estimate of drug-likeness (QED) is 0.826. The first-order valence-electron chi connectivity index (χ1n) is 5.43. The number of carbonyl (C=O) groups excluding carboxylic acids is 2. The monoisotopic (exact) mass is 274 g/mol. The van der Waals surface area contributed by atoms with E-state index in [-0.39, 0.29) is 12.1 Å². The largest absolute Gasteiger partial charge is 0.418 e. The van der Waals surface area contributed by atoms with Crippen molar-refractivity contribution in [2.45, 2.75) is 13.1 Å². The van der Waals surface area contributed by atoms with Gasteiger partial charge in [0.05, 0.1) is 17.8 Å². The van der Waals surface area contributed by atoms with E-state index in [1.54, 1.807) is 0 Å². The normalized spacial score (nSPS) is 11.2. The zero-order valence-electron chi connectivity index (χ0n) is 10.4. The summed E-state index contributed by atoms with van der Waals surface area (Å²) in [6.45, 7) is 0.966. The summed E-state index contributed by atoms with van der Waals surface area (Å²) in [5.74, 6) is -1.20. The number of carbonyl (C=O) groups is 2. The van der Waals surface area contributed by atoms with Gasteiger partial charge in [0, 0.05) is 12.5 Å². The summed E-state index contributed by atoms with van der Waals surface area (Å²) in [6.07, 6.45) is -4.65. The number of Topliss-reactive ketones (excluding diaryl/α,β-unsaturated/α-hetero) is 1. The predicted molar refractivity (Wildman–Crippen MR) is 64.0 cm³/mol. The van der Waals surface area contributed by atoms with E-state index in [0.29, 0.717) is 0 Å². The van der Waals surface area contributed by atoms with Crippen LogP contribution in [0.3, 0.4) is 0 Å². The summed E-state index contributed by atoms with van der Waals surface area (Å²) in [4.78, 5) is 22.8. The first kappa shape index (κ1) is 15.2. The molecule has 0 aromatic heterocycles. The van der Waals surface area contributed by atoms with Gasteiger partial charge in [-0.3, -0.25) is 9.59 Å². The third kappa shape index (κ3) is 3.78. The summed E-state index contributed by atoms with van der Waals surface area (Å²) >= 11 is 0. The predicted octanol–water partition coefficient (Wildman–Crippen LogP) is 2.07. The highest BCUT2D eigenvalue weighted by molar-refractivity contribution is 6.06. The van der Waals surface area contributed by atoms with Crippen LogP contribution in [-0.2, 0) is 11.0 Å². The maximum atomic E-state index is 12.8. The number of benzene rings is 1. The molecule has 7 heteroatoms. The third-order valence-corrected chi connectivity index (χ3v) is 2.31. The second kappa shape index (κ2) is 5.83. The number of amides is 1. The van der Waals surface area contributed by atoms with E-state index in [1.807, 2.05) is 0 Å². The number of ketones is 1. The van der Waals surface area contributed by atoms with Gasteiger partial charge in [-0.1, -0.05) is 6.07 Å². The number of para-hydroxylation sites is 1. The Kier molecular flexibility index (Phi) is 4.66. The van der Waals surface area contributed by atoms with E-state index < -0.39 is 29.1 Å². The molecule has 0 saturated heterocycles. The number of rotatable bonds is 4. The Balaban J connectivity index is 3.38. The Morgan fingerprint density at radius 1 is 1.26 bits per heavy atom. The van der Waals surface area contributed by atoms with Crippen LogP contribution in [0.1, 0.15) is 22.8 Å². The SMILES string of the molecule is CNCC(=O)c1cccc(C(F)(F)F)c1NC(C)=O. The van der Waals surface area contributed by atoms with Crippen molar-refractivity contribution in [2.75, 3.05) is 18.9 Å². The molecule has 0 radical (unpaired) electrons. The van der Waals surface area contributed by atoms with Crippen LogP contribution in [-0.4, -0.2) is 25.3 Å². The molecule has 1 rings (SSSR count). The number of hydrogen-bond donors (Lipinski definition) is 2. The van der Waals surface area contributed by atoms with Crippen LogP contribution in [0.2, 0.25) is 0 Å². The van der Waals surface area contributed by atoms with Gasteiger partial charge in [0.2, 0.25) is 5.91 Å². The minimum Gasteiger partial charge on any atom is -0.325 e. The second-order valence-corrected chi connectivity index (χ2v) is 3.86. The highest BCUT2D eigenvalue weighted by atomic mass is 19.4. The van der Waals surface area contributed by atoms with Crippen LogP contribution in [0, 0.1) is 0 Å². The molecule has 0 heterocycles.